The molecule has 36 heavy (non-hydrogen) atoms. The maximum atomic E-state index is 12.8. The van der Waals surface area contributed by atoms with E-state index in [4.69, 9.17) is 32.7 Å². The van der Waals surface area contributed by atoms with E-state index in [1.54, 1.807) is 49.1 Å². The molecule has 2 aromatic heterocycles. The van der Waals surface area contributed by atoms with Crippen LogP contribution in [0.25, 0.3) is 22.5 Å². The van der Waals surface area contributed by atoms with E-state index < -0.39 is 5.97 Å². The zero-order chi connectivity index (χ0) is 25.8. The van der Waals surface area contributed by atoms with Crippen LogP contribution < -0.4 is 10.1 Å². The lowest BCUT2D eigenvalue weighted by Gasteiger charge is -2.08. The Morgan fingerprint density at radius 2 is 1.83 bits per heavy atom. The van der Waals surface area contributed by atoms with Gasteiger partial charge in [-0.2, -0.15) is 0 Å². The molecule has 8 nitrogen and oxygen atoms in total. The van der Waals surface area contributed by atoms with Gasteiger partial charge in [-0.1, -0.05) is 47.1 Å². The Labute approximate surface area is 225 Å². The Morgan fingerprint density at radius 3 is 2.50 bits per heavy atom. The first kappa shape index (κ1) is 26.0. The highest BCUT2D eigenvalue weighted by Gasteiger charge is 2.23. The zero-order valence-electron chi connectivity index (χ0n) is 19.4. The van der Waals surface area contributed by atoms with Crippen molar-refractivity contribution in [2.24, 2.45) is 7.05 Å². The minimum absolute atomic E-state index is 0.0523. The van der Waals surface area contributed by atoms with Gasteiger partial charge in [0.25, 0.3) is 0 Å². The monoisotopic (exact) mass is 562 g/mol. The molecule has 0 saturated carbocycles. The van der Waals surface area contributed by atoms with E-state index in [1.165, 1.54) is 30.2 Å². The Kier molecular flexibility index (Phi) is 8.20. The highest BCUT2D eigenvalue weighted by Crippen LogP contribution is 2.37. The van der Waals surface area contributed by atoms with Crippen molar-refractivity contribution in [3.63, 3.8) is 0 Å². The number of thiophene rings is 1. The predicted molar refractivity (Wildman–Crippen MR) is 143 cm³/mol. The maximum Gasteiger partial charge on any atom is 0.341 e. The molecule has 4 rings (SSSR count). The number of carbonyl (C=O) groups is 2. The molecule has 186 valence electrons. The fourth-order valence-corrected chi connectivity index (χ4v) is 5.55. The smallest absolute Gasteiger partial charge is 0.341 e. The third kappa shape index (κ3) is 5.52. The summed E-state index contributed by atoms with van der Waals surface area (Å²) in [6, 6.07) is 12.4. The van der Waals surface area contributed by atoms with Gasteiger partial charge >= 0.3 is 5.97 Å². The fourth-order valence-electron chi connectivity index (χ4n) is 3.38. The van der Waals surface area contributed by atoms with Gasteiger partial charge in [-0.3, -0.25) is 4.79 Å². The van der Waals surface area contributed by atoms with Crippen molar-refractivity contribution in [3.05, 3.63) is 63.5 Å². The molecule has 1 N–H and O–H groups in total. The molecule has 12 heteroatoms. The lowest BCUT2D eigenvalue weighted by Crippen LogP contribution is -2.16. The van der Waals surface area contributed by atoms with Gasteiger partial charge < -0.3 is 19.4 Å². The Morgan fingerprint density at radius 1 is 1.08 bits per heavy atom. The molecular formula is C24H20Cl2N4O4S2. The van der Waals surface area contributed by atoms with E-state index in [-0.39, 0.29) is 11.7 Å². The highest BCUT2D eigenvalue weighted by atomic mass is 35.5. The van der Waals surface area contributed by atoms with Crippen LogP contribution in [0.4, 0.5) is 5.00 Å². The second-order valence-corrected chi connectivity index (χ2v) is 10.1. The SMILES string of the molecule is COC(=O)c1c(-c2ccc(OC)cc2)csc1NC(=O)CSc1nnc(-c2ccc(Cl)cc2Cl)n1C. The van der Waals surface area contributed by atoms with Crippen molar-refractivity contribution in [1.29, 1.82) is 0 Å². The minimum atomic E-state index is -0.539. The number of nitrogens with one attached hydrogen (secondary N) is 1. The summed E-state index contributed by atoms with van der Waals surface area (Å²) in [7, 11) is 4.67. The summed E-state index contributed by atoms with van der Waals surface area (Å²) in [6.07, 6.45) is 0. The van der Waals surface area contributed by atoms with Crippen molar-refractivity contribution in [2.75, 3.05) is 25.3 Å². The molecule has 0 radical (unpaired) electrons. The van der Waals surface area contributed by atoms with Crippen molar-refractivity contribution < 1.29 is 19.1 Å². The zero-order valence-corrected chi connectivity index (χ0v) is 22.5. The fraction of sp³-hybridized carbons (Fsp3) is 0.167. The number of anilines is 1. The average molecular weight is 563 g/mol. The third-order valence-electron chi connectivity index (χ3n) is 5.17. The molecule has 0 spiro atoms. The number of esters is 1. The van der Waals surface area contributed by atoms with Gasteiger partial charge in [0.05, 0.1) is 25.0 Å². The lowest BCUT2D eigenvalue weighted by molar-refractivity contribution is -0.113. The Bertz CT molecular complexity index is 1420. The number of halogens is 2. The average Bonchev–Trinajstić information content (AvgIpc) is 3.45. The summed E-state index contributed by atoms with van der Waals surface area (Å²) in [5, 5.41) is 14.9. The minimum Gasteiger partial charge on any atom is -0.497 e. The van der Waals surface area contributed by atoms with Gasteiger partial charge in [-0.15, -0.1) is 21.5 Å². The first-order valence-electron chi connectivity index (χ1n) is 10.4. The van der Waals surface area contributed by atoms with Gasteiger partial charge in [0, 0.05) is 28.6 Å². The maximum absolute atomic E-state index is 12.8. The number of aromatic nitrogens is 3. The quantitative estimate of drug-likeness (QED) is 0.206. The Hall–Kier alpha value is -3.05. The molecule has 2 heterocycles. The number of ether oxygens (including phenoxy) is 2. The third-order valence-corrected chi connectivity index (χ3v) is 7.64. The summed E-state index contributed by atoms with van der Waals surface area (Å²) in [5.74, 6) is 0.459. The molecule has 4 aromatic rings. The van der Waals surface area contributed by atoms with E-state index in [9.17, 15) is 9.59 Å². The van der Waals surface area contributed by atoms with E-state index in [0.29, 0.717) is 48.5 Å². The number of rotatable bonds is 8. The number of hydrogen-bond acceptors (Lipinski definition) is 8. The van der Waals surface area contributed by atoms with Crippen LogP contribution in [0.1, 0.15) is 10.4 Å². The molecule has 0 aliphatic rings. The molecule has 1 amide bonds. The van der Waals surface area contributed by atoms with E-state index in [2.05, 4.69) is 15.5 Å². The topological polar surface area (TPSA) is 95.3 Å². The molecule has 0 aliphatic carbocycles. The normalized spacial score (nSPS) is 10.8. The number of nitrogens with zero attached hydrogens (tertiary/aromatic N) is 3. The molecular weight excluding hydrogens is 543 g/mol. The standard InChI is InChI=1S/C24H20Cl2N4O4S2/c1-30-21(16-9-6-14(25)10-18(16)26)28-29-24(30)36-12-19(31)27-22-20(23(32)34-3)17(11-35-22)13-4-7-15(33-2)8-5-13/h4-11H,12H2,1-3H3,(H,27,31). The van der Waals surface area contributed by atoms with Crippen LogP contribution in [-0.4, -0.2) is 46.6 Å². The number of benzene rings is 2. The van der Waals surface area contributed by atoms with E-state index in [0.717, 1.165) is 5.56 Å². The summed E-state index contributed by atoms with van der Waals surface area (Å²) >= 11 is 14.7. The number of thioether (sulfide) groups is 1. The van der Waals surface area contributed by atoms with Gasteiger partial charge in [0.15, 0.2) is 11.0 Å². The van der Waals surface area contributed by atoms with Crippen molar-refractivity contribution >= 4 is 63.2 Å². The van der Waals surface area contributed by atoms with Crippen LogP contribution in [0.15, 0.2) is 53.0 Å². The lowest BCUT2D eigenvalue weighted by atomic mass is 10.0. The first-order chi connectivity index (χ1) is 17.3. The first-order valence-corrected chi connectivity index (χ1v) is 13.1. The van der Waals surface area contributed by atoms with Crippen LogP contribution in [-0.2, 0) is 16.6 Å². The summed E-state index contributed by atoms with van der Waals surface area (Å²) in [6.45, 7) is 0. The molecule has 0 bridgehead atoms. The van der Waals surface area contributed by atoms with Gasteiger partial charge in [0.1, 0.15) is 16.3 Å². The second-order valence-electron chi connectivity index (χ2n) is 7.40. The van der Waals surface area contributed by atoms with Crippen molar-refractivity contribution in [3.8, 4) is 28.3 Å². The van der Waals surface area contributed by atoms with Crippen molar-refractivity contribution in [1.82, 2.24) is 14.8 Å². The number of carbonyl (C=O) groups excluding carboxylic acids is 2. The molecule has 0 saturated heterocycles. The van der Waals surface area contributed by atoms with Crippen LogP contribution in [0.5, 0.6) is 5.75 Å². The van der Waals surface area contributed by atoms with E-state index in [1.807, 2.05) is 17.5 Å². The van der Waals surface area contributed by atoms with Gasteiger partial charge in [-0.05, 0) is 35.9 Å². The van der Waals surface area contributed by atoms with Crippen LogP contribution in [0, 0.1) is 0 Å². The second kappa shape index (κ2) is 11.3. The summed E-state index contributed by atoms with van der Waals surface area (Å²) in [5.41, 5.74) is 2.44. The number of amides is 1. The van der Waals surface area contributed by atoms with Gasteiger partial charge in [-0.25, -0.2) is 4.79 Å². The molecule has 0 unspecified atom stereocenters. The number of hydrogen-bond donors (Lipinski definition) is 1. The predicted octanol–water partition coefficient (Wildman–Crippen LogP) is 6.04. The molecule has 0 atom stereocenters. The Balaban J connectivity index is 1.49. The van der Waals surface area contributed by atoms with Crippen molar-refractivity contribution in [2.45, 2.75) is 5.16 Å². The van der Waals surface area contributed by atoms with Crippen LogP contribution >= 0.6 is 46.3 Å². The molecule has 2 aromatic carbocycles. The largest absolute Gasteiger partial charge is 0.497 e. The molecule has 0 fully saturated rings. The number of methoxy groups -OCH3 is 2. The van der Waals surface area contributed by atoms with Crippen LogP contribution in [0.3, 0.4) is 0 Å². The van der Waals surface area contributed by atoms with Gasteiger partial charge in [0.2, 0.25) is 5.91 Å². The molecule has 0 aliphatic heterocycles. The van der Waals surface area contributed by atoms with Crippen LogP contribution in [0.2, 0.25) is 10.0 Å². The summed E-state index contributed by atoms with van der Waals surface area (Å²) < 4.78 is 11.9. The highest BCUT2D eigenvalue weighted by molar-refractivity contribution is 7.99. The van der Waals surface area contributed by atoms with E-state index >= 15 is 0 Å². The summed E-state index contributed by atoms with van der Waals surface area (Å²) in [4.78, 5) is 25.3.